The third-order valence-electron chi connectivity index (χ3n) is 5.68. The molecule has 1 aromatic rings. The highest BCUT2D eigenvalue weighted by Gasteiger charge is 2.25. The highest BCUT2D eigenvalue weighted by Crippen LogP contribution is 2.29. The summed E-state index contributed by atoms with van der Waals surface area (Å²) in [5.74, 6) is 2.86. The quantitative estimate of drug-likeness (QED) is 0.281. The molecule has 7 nitrogen and oxygen atoms in total. The number of aliphatic hydroxyl groups is 1. The van der Waals surface area contributed by atoms with Crippen molar-refractivity contribution < 1.29 is 5.11 Å². The molecule has 0 spiro atoms. The van der Waals surface area contributed by atoms with Crippen LogP contribution in [-0.2, 0) is 19.5 Å². The molecule has 0 fully saturated rings. The van der Waals surface area contributed by atoms with Gasteiger partial charge in [0.15, 0.2) is 11.8 Å². The Balaban J connectivity index is 0.00000364. The SMILES string of the molecule is CCNC(=NCc1nnc2n1CCCCC2)NCC(CC)(CC)CCO.I. The van der Waals surface area contributed by atoms with Gasteiger partial charge in [-0.15, -0.1) is 34.2 Å². The Bertz CT molecular complexity index is 571. The maximum Gasteiger partial charge on any atom is 0.191 e. The molecular weight excluding hydrogens is 455 g/mol. The summed E-state index contributed by atoms with van der Waals surface area (Å²) in [4.78, 5) is 4.74. The lowest BCUT2D eigenvalue weighted by Gasteiger charge is -2.32. The summed E-state index contributed by atoms with van der Waals surface area (Å²) in [6, 6.07) is 0. The van der Waals surface area contributed by atoms with Crippen LogP contribution < -0.4 is 10.6 Å². The fourth-order valence-corrected chi connectivity index (χ4v) is 3.60. The van der Waals surface area contributed by atoms with Gasteiger partial charge in [0, 0.05) is 32.7 Å². The Kier molecular flexibility index (Phi) is 11.2. The third-order valence-corrected chi connectivity index (χ3v) is 5.68. The molecule has 0 aliphatic carbocycles. The average Bonchev–Trinajstić information content (AvgIpc) is 2.89. The second-order valence-corrected chi connectivity index (χ2v) is 7.22. The normalized spacial score (nSPS) is 14.9. The van der Waals surface area contributed by atoms with E-state index in [-0.39, 0.29) is 36.0 Å². The lowest BCUT2D eigenvalue weighted by molar-refractivity contribution is 0.169. The molecule has 0 amide bonds. The molecule has 2 rings (SSSR count). The predicted molar refractivity (Wildman–Crippen MR) is 121 cm³/mol. The molecule has 8 heteroatoms. The Labute approximate surface area is 180 Å². The summed E-state index contributed by atoms with van der Waals surface area (Å²) in [5, 5.41) is 24.9. The molecule has 0 bridgehead atoms. The molecular formula is C19H37IN6O. The zero-order valence-electron chi connectivity index (χ0n) is 17.1. The molecule has 0 aromatic carbocycles. The third kappa shape index (κ3) is 6.89. The van der Waals surface area contributed by atoms with Gasteiger partial charge in [-0.3, -0.25) is 0 Å². The van der Waals surface area contributed by atoms with Crippen molar-refractivity contribution in [2.75, 3.05) is 19.7 Å². The summed E-state index contributed by atoms with van der Waals surface area (Å²) in [5.41, 5.74) is 0.108. The van der Waals surface area contributed by atoms with E-state index >= 15 is 0 Å². The zero-order valence-corrected chi connectivity index (χ0v) is 19.5. The van der Waals surface area contributed by atoms with E-state index in [4.69, 9.17) is 4.99 Å². The number of nitrogens with one attached hydrogen (secondary N) is 2. The van der Waals surface area contributed by atoms with E-state index in [1.807, 2.05) is 0 Å². The maximum atomic E-state index is 9.40. The fourth-order valence-electron chi connectivity index (χ4n) is 3.60. The number of hydrogen-bond donors (Lipinski definition) is 3. The summed E-state index contributed by atoms with van der Waals surface area (Å²) in [6.07, 6.45) is 7.55. The van der Waals surface area contributed by atoms with Crippen molar-refractivity contribution in [2.45, 2.75) is 78.8 Å². The first-order chi connectivity index (χ1) is 12.7. The van der Waals surface area contributed by atoms with E-state index in [1.54, 1.807) is 0 Å². The molecule has 156 valence electrons. The number of fused-ring (bicyclic) bond motifs is 1. The van der Waals surface area contributed by atoms with Crippen LogP contribution in [0, 0.1) is 5.41 Å². The van der Waals surface area contributed by atoms with Gasteiger partial charge >= 0.3 is 0 Å². The van der Waals surface area contributed by atoms with Crippen LogP contribution >= 0.6 is 24.0 Å². The molecule has 0 atom stereocenters. The number of aliphatic imine (C=N–C) groups is 1. The number of nitrogens with zero attached hydrogens (tertiary/aromatic N) is 4. The van der Waals surface area contributed by atoms with Gasteiger partial charge in [-0.2, -0.15) is 0 Å². The molecule has 0 saturated heterocycles. The fraction of sp³-hybridized carbons (Fsp3) is 0.842. The Morgan fingerprint density at radius 1 is 1.15 bits per heavy atom. The Morgan fingerprint density at radius 2 is 1.93 bits per heavy atom. The summed E-state index contributed by atoms with van der Waals surface area (Å²) in [6.45, 7) is 9.84. The number of hydrogen-bond acceptors (Lipinski definition) is 4. The van der Waals surface area contributed by atoms with Crippen molar-refractivity contribution in [1.29, 1.82) is 0 Å². The van der Waals surface area contributed by atoms with Crippen LogP contribution in [0.4, 0.5) is 0 Å². The number of aryl methyl sites for hydroxylation is 1. The van der Waals surface area contributed by atoms with Crippen molar-refractivity contribution in [3.8, 4) is 0 Å². The lowest BCUT2D eigenvalue weighted by atomic mass is 9.79. The molecule has 1 aliphatic rings. The minimum atomic E-state index is 0. The molecule has 1 aliphatic heterocycles. The highest BCUT2D eigenvalue weighted by molar-refractivity contribution is 14.0. The van der Waals surface area contributed by atoms with Crippen molar-refractivity contribution >= 4 is 29.9 Å². The number of halogens is 1. The van der Waals surface area contributed by atoms with Gasteiger partial charge in [-0.05, 0) is 44.4 Å². The largest absolute Gasteiger partial charge is 0.396 e. The summed E-state index contributed by atoms with van der Waals surface area (Å²) >= 11 is 0. The van der Waals surface area contributed by atoms with Crippen LogP contribution in [0.2, 0.25) is 0 Å². The first-order valence-corrected chi connectivity index (χ1v) is 10.2. The van der Waals surface area contributed by atoms with E-state index in [0.717, 1.165) is 62.9 Å². The van der Waals surface area contributed by atoms with Crippen LogP contribution in [0.1, 0.15) is 70.9 Å². The molecule has 1 aromatic heterocycles. The summed E-state index contributed by atoms with van der Waals surface area (Å²) < 4.78 is 2.24. The van der Waals surface area contributed by atoms with E-state index in [9.17, 15) is 5.11 Å². The van der Waals surface area contributed by atoms with Gasteiger partial charge < -0.3 is 20.3 Å². The number of rotatable bonds is 9. The van der Waals surface area contributed by atoms with E-state index in [1.165, 1.54) is 19.3 Å². The van der Waals surface area contributed by atoms with Gasteiger partial charge in [0.05, 0.1) is 0 Å². The van der Waals surface area contributed by atoms with E-state index < -0.39 is 0 Å². The first kappa shape index (κ1) is 24.1. The molecule has 27 heavy (non-hydrogen) atoms. The van der Waals surface area contributed by atoms with Gasteiger partial charge in [-0.1, -0.05) is 20.3 Å². The van der Waals surface area contributed by atoms with Crippen molar-refractivity contribution in [3.05, 3.63) is 11.6 Å². The Hall–Kier alpha value is -0.900. The minimum absolute atomic E-state index is 0. The van der Waals surface area contributed by atoms with E-state index in [2.05, 4.69) is 46.2 Å². The smallest absolute Gasteiger partial charge is 0.191 e. The first-order valence-electron chi connectivity index (χ1n) is 10.2. The Morgan fingerprint density at radius 3 is 2.59 bits per heavy atom. The minimum Gasteiger partial charge on any atom is -0.396 e. The van der Waals surface area contributed by atoms with Crippen molar-refractivity contribution in [1.82, 2.24) is 25.4 Å². The standard InChI is InChI=1S/C19H36N6O.HI/c1-4-19(5-2,11-13-26)15-22-18(20-6-3)21-14-17-24-23-16-10-8-7-9-12-25(16)17;/h26H,4-15H2,1-3H3,(H2,20,21,22);1H. The second-order valence-electron chi connectivity index (χ2n) is 7.22. The highest BCUT2D eigenvalue weighted by atomic mass is 127. The van der Waals surface area contributed by atoms with Gasteiger partial charge in [0.2, 0.25) is 0 Å². The lowest BCUT2D eigenvalue weighted by Crippen LogP contribution is -2.44. The van der Waals surface area contributed by atoms with Crippen LogP contribution in [0.3, 0.4) is 0 Å². The molecule has 0 saturated carbocycles. The molecule has 2 heterocycles. The van der Waals surface area contributed by atoms with E-state index in [0.29, 0.717) is 6.54 Å². The van der Waals surface area contributed by atoms with Gasteiger partial charge in [-0.25, -0.2) is 4.99 Å². The maximum absolute atomic E-state index is 9.40. The molecule has 3 N–H and O–H groups in total. The molecule has 0 unspecified atom stereocenters. The van der Waals surface area contributed by atoms with Crippen LogP contribution in [0.5, 0.6) is 0 Å². The number of guanidine groups is 1. The monoisotopic (exact) mass is 492 g/mol. The van der Waals surface area contributed by atoms with Crippen molar-refractivity contribution in [2.24, 2.45) is 10.4 Å². The van der Waals surface area contributed by atoms with Crippen LogP contribution in [0.25, 0.3) is 0 Å². The number of aromatic nitrogens is 3. The average molecular weight is 492 g/mol. The summed E-state index contributed by atoms with van der Waals surface area (Å²) in [7, 11) is 0. The molecule has 0 radical (unpaired) electrons. The van der Waals surface area contributed by atoms with Gasteiger partial charge in [0.25, 0.3) is 0 Å². The van der Waals surface area contributed by atoms with Crippen LogP contribution in [-0.4, -0.2) is 45.5 Å². The van der Waals surface area contributed by atoms with Gasteiger partial charge in [0.1, 0.15) is 12.4 Å². The second kappa shape index (κ2) is 12.5. The van der Waals surface area contributed by atoms with Crippen molar-refractivity contribution in [3.63, 3.8) is 0 Å². The predicted octanol–water partition coefficient (Wildman–Crippen LogP) is 2.87. The van der Waals surface area contributed by atoms with Crippen LogP contribution in [0.15, 0.2) is 4.99 Å². The zero-order chi connectivity index (χ0) is 18.8. The topological polar surface area (TPSA) is 87.4 Å². The number of aliphatic hydroxyl groups excluding tert-OH is 1.